The molecule has 23 heavy (non-hydrogen) atoms. The van der Waals surface area contributed by atoms with Gasteiger partial charge in [-0.05, 0) is 41.3 Å². The molecule has 3 rings (SSSR count). The quantitative estimate of drug-likeness (QED) is 0.312. The van der Waals surface area contributed by atoms with E-state index in [1.807, 2.05) is 42.5 Å². The molecule has 0 N–H and O–H groups in total. The molecular formula is C18H18CaO3S. The van der Waals surface area contributed by atoms with Gasteiger partial charge in [-0.25, -0.2) is 0 Å². The molecule has 0 saturated carbocycles. The Morgan fingerprint density at radius 1 is 1.00 bits per heavy atom. The van der Waals surface area contributed by atoms with Crippen LogP contribution in [-0.2, 0) is 14.3 Å². The summed E-state index contributed by atoms with van der Waals surface area (Å²) in [7, 11) is -3.81. The van der Waals surface area contributed by atoms with E-state index in [0.717, 1.165) is 16.2 Å². The van der Waals surface area contributed by atoms with Crippen molar-refractivity contribution in [3.8, 4) is 0 Å². The van der Waals surface area contributed by atoms with Crippen molar-refractivity contribution in [2.24, 2.45) is 0 Å². The second kappa shape index (κ2) is 7.32. The number of hydrogen-bond acceptors (Lipinski definition) is 3. The number of rotatable bonds is 4. The van der Waals surface area contributed by atoms with Crippen molar-refractivity contribution in [2.45, 2.75) is 11.8 Å². The van der Waals surface area contributed by atoms with E-state index in [1.165, 1.54) is 0 Å². The van der Waals surface area contributed by atoms with Crippen LogP contribution in [0.15, 0.2) is 71.6 Å². The van der Waals surface area contributed by atoms with Crippen molar-refractivity contribution in [3.05, 3.63) is 66.7 Å². The zero-order valence-electron chi connectivity index (χ0n) is 12.2. The van der Waals surface area contributed by atoms with Crippen molar-refractivity contribution in [3.63, 3.8) is 0 Å². The van der Waals surface area contributed by atoms with Gasteiger partial charge in [0, 0.05) is 5.39 Å². The Balaban J connectivity index is 0.00000192. The Labute approximate surface area is 166 Å². The number of hydrogen-bond donors (Lipinski definition) is 0. The first-order valence-corrected chi connectivity index (χ1v) is 8.33. The van der Waals surface area contributed by atoms with Crippen LogP contribution in [0.4, 0.5) is 0 Å². The van der Waals surface area contributed by atoms with Crippen molar-refractivity contribution in [1.29, 1.82) is 0 Å². The summed E-state index contributed by atoms with van der Waals surface area (Å²) in [5.41, 5.74) is 0.661. The van der Waals surface area contributed by atoms with Crippen LogP contribution in [0.3, 0.4) is 0 Å². The summed E-state index contributed by atoms with van der Waals surface area (Å²) >= 11 is 0. The fourth-order valence-electron chi connectivity index (χ4n) is 2.40. The molecule has 116 valence electrons. The standard InChI is InChI=1S/C18H16O3S.Ca.2H/c1-13(2)12-21-22(19,20)18-9-5-8-16-10-14-6-3-4-7-15(14)11-17(16)18;;;/h3-11H,1,12H2,2H3;;;. The molecule has 0 fully saturated rings. The van der Waals surface area contributed by atoms with Gasteiger partial charge >= 0.3 is 37.7 Å². The van der Waals surface area contributed by atoms with Gasteiger partial charge in [-0.1, -0.05) is 48.6 Å². The van der Waals surface area contributed by atoms with Crippen LogP contribution in [0.25, 0.3) is 21.5 Å². The molecule has 0 atom stereocenters. The molecular weight excluding hydrogens is 336 g/mol. The Morgan fingerprint density at radius 3 is 2.26 bits per heavy atom. The molecule has 0 aromatic heterocycles. The number of benzene rings is 3. The summed E-state index contributed by atoms with van der Waals surface area (Å²) in [6.45, 7) is 5.39. The van der Waals surface area contributed by atoms with Gasteiger partial charge in [0.25, 0.3) is 10.1 Å². The average molecular weight is 354 g/mol. The van der Waals surface area contributed by atoms with Gasteiger partial charge in [0.15, 0.2) is 0 Å². The zero-order valence-corrected chi connectivity index (χ0v) is 13.1. The van der Waals surface area contributed by atoms with Crippen LogP contribution in [-0.4, -0.2) is 52.8 Å². The van der Waals surface area contributed by atoms with Crippen LogP contribution >= 0.6 is 0 Å². The fraction of sp³-hybridized carbons (Fsp3) is 0.111. The summed E-state index contributed by atoms with van der Waals surface area (Å²) in [4.78, 5) is 0.192. The van der Waals surface area contributed by atoms with Crippen molar-refractivity contribution >= 4 is 69.4 Å². The molecule has 0 aliphatic heterocycles. The Bertz CT molecular complexity index is 978. The van der Waals surface area contributed by atoms with Gasteiger partial charge < -0.3 is 0 Å². The normalized spacial score (nSPS) is 11.3. The fourth-order valence-corrected chi connectivity index (χ4v) is 3.57. The first-order valence-electron chi connectivity index (χ1n) is 6.93. The van der Waals surface area contributed by atoms with Gasteiger partial charge in [-0.3, -0.25) is 4.18 Å². The Morgan fingerprint density at radius 2 is 1.61 bits per heavy atom. The van der Waals surface area contributed by atoms with Crippen LogP contribution in [0.2, 0.25) is 0 Å². The molecule has 0 aliphatic carbocycles. The van der Waals surface area contributed by atoms with Crippen LogP contribution < -0.4 is 0 Å². The zero-order chi connectivity index (χ0) is 15.7. The summed E-state index contributed by atoms with van der Waals surface area (Å²) < 4.78 is 29.9. The first kappa shape index (κ1) is 18.4. The molecule has 0 radical (unpaired) electrons. The summed E-state index contributed by atoms with van der Waals surface area (Å²) in [6, 6.07) is 17.0. The molecule has 0 unspecified atom stereocenters. The monoisotopic (exact) mass is 354 g/mol. The van der Waals surface area contributed by atoms with E-state index in [2.05, 4.69) is 6.58 Å². The van der Waals surface area contributed by atoms with Crippen molar-refractivity contribution < 1.29 is 12.6 Å². The molecule has 0 heterocycles. The Kier molecular flexibility index (Phi) is 5.87. The number of fused-ring (bicyclic) bond motifs is 2. The predicted molar refractivity (Wildman–Crippen MR) is 97.9 cm³/mol. The molecule has 0 aliphatic rings. The summed E-state index contributed by atoms with van der Waals surface area (Å²) in [6.07, 6.45) is 0. The molecule has 5 heteroatoms. The van der Waals surface area contributed by atoms with Crippen molar-refractivity contribution in [2.75, 3.05) is 6.61 Å². The molecule has 0 amide bonds. The summed E-state index contributed by atoms with van der Waals surface area (Å²) in [5.74, 6) is 0. The SMILES string of the molecule is C=C(C)COS(=O)(=O)c1cccc2cc3ccccc3cc12.[CaH2]. The molecule has 3 aromatic carbocycles. The van der Waals surface area contributed by atoms with Gasteiger partial charge in [0.1, 0.15) is 4.90 Å². The third-order valence-electron chi connectivity index (χ3n) is 3.44. The molecule has 3 aromatic rings. The van der Waals surface area contributed by atoms with E-state index in [-0.39, 0.29) is 49.2 Å². The van der Waals surface area contributed by atoms with Crippen LogP contribution in [0, 0.1) is 0 Å². The van der Waals surface area contributed by atoms with Crippen LogP contribution in [0.1, 0.15) is 6.92 Å². The van der Waals surface area contributed by atoms with E-state index < -0.39 is 10.1 Å². The summed E-state index contributed by atoms with van der Waals surface area (Å²) in [5, 5.41) is 3.62. The van der Waals surface area contributed by atoms with Gasteiger partial charge in [-0.15, -0.1) is 0 Å². The molecule has 0 saturated heterocycles. The maximum absolute atomic E-state index is 12.4. The minimum atomic E-state index is -3.81. The van der Waals surface area contributed by atoms with Gasteiger partial charge in [0.2, 0.25) is 0 Å². The Hall–Kier alpha value is -0.910. The van der Waals surface area contributed by atoms with E-state index in [4.69, 9.17) is 4.18 Å². The van der Waals surface area contributed by atoms with E-state index >= 15 is 0 Å². The van der Waals surface area contributed by atoms with E-state index in [1.54, 1.807) is 19.1 Å². The van der Waals surface area contributed by atoms with Gasteiger partial charge in [0.05, 0.1) is 6.61 Å². The van der Waals surface area contributed by atoms with E-state index in [9.17, 15) is 8.42 Å². The maximum atomic E-state index is 12.4. The predicted octanol–water partition coefficient (Wildman–Crippen LogP) is 3.36. The van der Waals surface area contributed by atoms with Gasteiger partial charge in [-0.2, -0.15) is 8.42 Å². The third kappa shape index (κ3) is 3.95. The third-order valence-corrected chi connectivity index (χ3v) is 4.76. The molecule has 0 bridgehead atoms. The minimum absolute atomic E-state index is 0. The average Bonchev–Trinajstić information content (AvgIpc) is 2.50. The second-order valence-corrected chi connectivity index (χ2v) is 6.93. The molecule has 0 spiro atoms. The van der Waals surface area contributed by atoms with E-state index in [0.29, 0.717) is 11.0 Å². The topological polar surface area (TPSA) is 43.4 Å². The first-order chi connectivity index (χ1) is 10.5. The molecule has 3 nitrogen and oxygen atoms in total. The van der Waals surface area contributed by atoms with Crippen LogP contribution in [0.5, 0.6) is 0 Å². The van der Waals surface area contributed by atoms with Crippen molar-refractivity contribution in [1.82, 2.24) is 0 Å². The second-order valence-electron chi connectivity index (χ2n) is 5.35.